The molecule has 0 spiro atoms. The highest BCUT2D eigenvalue weighted by molar-refractivity contribution is 5.84. The van der Waals surface area contributed by atoms with Gasteiger partial charge >= 0.3 is 0 Å². The number of ether oxygens (including phenoxy) is 2. The Balaban J connectivity index is 1.23. The van der Waals surface area contributed by atoms with Crippen molar-refractivity contribution in [3.63, 3.8) is 0 Å². The van der Waals surface area contributed by atoms with Crippen molar-refractivity contribution >= 4 is 28.5 Å². The Hall–Kier alpha value is -3.70. The third-order valence-electron chi connectivity index (χ3n) is 6.30. The number of fused-ring (bicyclic) bond motifs is 1. The molecule has 0 atom stereocenters. The Morgan fingerprint density at radius 2 is 1.77 bits per heavy atom. The molecule has 0 aliphatic carbocycles. The molecule has 0 radical (unpaired) electrons. The number of hydrogen-bond acceptors (Lipinski definition) is 9. The molecule has 5 heterocycles. The van der Waals surface area contributed by atoms with E-state index in [9.17, 15) is 4.39 Å². The lowest BCUT2D eigenvalue weighted by Gasteiger charge is -2.26. The summed E-state index contributed by atoms with van der Waals surface area (Å²) < 4.78 is 27.5. The molecule has 0 unspecified atom stereocenters. The van der Waals surface area contributed by atoms with Gasteiger partial charge in [0.25, 0.3) is 0 Å². The van der Waals surface area contributed by atoms with Gasteiger partial charge in [-0.3, -0.25) is 4.68 Å². The van der Waals surface area contributed by atoms with Crippen molar-refractivity contribution in [1.82, 2.24) is 29.7 Å². The van der Waals surface area contributed by atoms with E-state index in [1.54, 1.807) is 12.4 Å². The standard InChI is InChI=1S/C24H25FN8O2/c25-20-14-26-23(29-18-13-28-33(15-18)19-3-7-34-8-4-19)31-22(20)16-1-2-21-17(11-16)12-27-24(30-21)32-5-9-35-10-6-32/h1-2,11-15,19H,3-10H2,(H,26,29,31). The fraction of sp³-hybridized carbons (Fsp3) is 0.375. The van der Waals surface area contributed by atoms with Gasteiger partial charge < -0.3 is 19.7 Å². The predicted octanol–water partition coefficient (Wildman–Crippen LogP) is 3.35. The molecule has 1 aromatic carbocycles. The largest absolute Gasteiger partial charge is 0.381 e. The molecule has 0 bridgehead atoms. The number of morpholine rings is 1. The number of anilines is 3. The van der Waals surface area contributed by atoms with Crippen LogP contribution < -0.4 is 10.2 Å². The van der Waals surface area contributed by atoms with Crippen LogP contribution in [0.3, 0.4) is 0 Å². The minimum Gasteiger partial charge on any atom is -0.381 e. The second-order valence-corrected chi connectivity index (χ2v) is 8.61. The molecule has 180 valence electrons. The maximum absolute atomic E-state index is 14.7. The first-order valence-electron chi connectivity index (χ1n) is 11.7. The van der Waals surface area contributed by atoms with E-state index < -0.39 is 5.82 Å². The predicted molar refractivity (Wildman–Crippen MR) is 128 cm³/mol. The van der Waals surface area contributed by atoms with Crippen molar-refractivity contribution < 1.29 is 13.9 Å². The number of halogens is 1. The highest BCUT2D eigenvalue weighted by Crippen LogP contribution is 2.27. The summed E-state index contributed by atoms with van der Waals surface area (Å²) in [5, 5.41) is 8.40. The zero-order chi connectivity index (χ0) is 23.6. The molecule has 1 N–H and O–H groups in total. The fourth-order valence-electron chi connectivity index (χ4n) is 4.40. The Kier molecular flexibility index (Phi) is 5.93. The van der Waals surface area contributed by atoms with Gasteiger partial charge in [0.05, 0.1) is 42.9 Å². The van der Waals surface area contributed by atoms with E-state index in [2.05, 4.69) is 35.3 Å². The Morgan fingerprint density at radius 1 is 0.943 bits per heavy atom. The first kappa shape index (κ1) is 21.8. The number of nitrogens with one attached hydrogen (secondary N) is 1. The van der Waals surface area contributed by atoms with E-state index in [-0.39, 0.29) is 5.69 Å². The van der Waals surface area contributed by atoms with E-state index in [4.69, 9.17) is 9.47 Å². The molecular weight excluding hydrogens is 451 g/mol. The molecule has 2 aliphatic rings. The highest BCUT2D eigenvalue weighted by Gasteiger charge is 2.18. The quantitative estimate of drug-likeness (QED) is 0.464. The van der Waals surface area contributed by atoms with Gasteiger partial charge in [0.15, 0.2) is 5.82 Å². The van der Waals surface area contributed by atoms with E-state index in [0.717, 1.165) is 55.7 Å². The number of aromatic nitrogens is 6. The van der Waals surface area contributed by atoms with Gasteiger partial charge in [0.1, 0.15) is 5.69 Å². The molecule has 6 rings (SSSR count). The molecule has 0 amide bonds. The second-order valence-electron chi connectivity index (χ2n) is 8.61. The minimum absolute atomic E-state index is 0.207. The van der Waals surface area contributed by atoms with Crippen LogP contribution in [0.15, 0.2) is 43.0 Å². The molecule has 2 fully saturated rings. The first-order valence-corrected chi connectivity index (χ1v) is 11.7. The lowest BCUT2D eigenvalue weighted by molar-refractivity contribution is 0.0662. The molecule has 4 aromatic rings. The monoisotopic (exact) mass is 476 g/mol. The molecule has 35 heavy (non-hydrogen) atoms. The van der Waals surface area contributed by atoms with Crippen LogP contribution in [0.1, 0.15) is 18.9 Å². The third kappa shape index (κ3) is 4.64. The van der Waals surface area contributed by atoms with E-state index in [1.807, 2.05) is 29.1 Å². The molecule has 10 nitrogen and oxygen atoms in total. The summed E-state index contributed by atoms with van der Waals surface area (Å²) in [7, 11) is 0. The van der Waals surface area contributed by atoms with Crippen molar-refractivity contribution in [3.8, 4) is 11.3 Å². The zero-order valence-electron chi connectivity index (χ0n) is 19.1. The van der Waals surface area contributed by atoms with Gasteiger partial charge in [-0.25, -0.2) is 24.3 Å². The summed E-state index contributed by atoms with van der Waals surface area (Å²) in [4.78, 5) is 19.8. The second kappa shape index (κ2) is 9.51. The number of nitrogens with zero attached hydrogens (tertiary/aromatic N) is 7. The molecular formula is C24H25FN8O2. The van der Waals surface area contributed by atoms with E-state index in [1.165, 1.54) is 6.20 Å². The lowest BCUT2D eigenvalue weighted by Crippen LogP contribution is -2.37. The summed E-state index contributed by atoms with van der Waals surface area (Å²) >= 11 is 0. The maximum Gasteiger partial charge on any atom is 0.228 e. The first-order chi connectivity index (χ1) is 17.2. The van der Waals surface area contributed by atoms with Gasteiger partial charge in [-0.15, -0.1) is 0 Å². The van der Waals surface area contributed by atoms with Crippen LogP contribution in [-0.4, -0.2) is 69.2 Å². The highest BCUT2D eigenvalue weighted by atomic mass is 19.1. The summed E-state index contributed by atoms with van der Waals surface area (Å²) in [6.45, 7) is 4.34. The van der Waals surface area contributed by atoms with Crippen LogP contribution >= 0.6 is 0 Å². The van der Waals surface area contributed by atoms with Crippen LogP contribution in [-0.2, 0) is 9.47 Å². The SMILES string of the molecule is Fc1cnc(Nc2cnn(C3CCOCC3)c2)nc1-c1ccc2nc(N3CCOCC3)ncc2c1. The fourth-order valence-corrected chi connectivity index (χ4v) is 4.40. The van der Waals surface area contributed by atoms with Crippen molar-refractivity contribution in [3.05, 3.63) is 48.8 Å². The third-order valence-corrected chi connectivity index (χ3v) is 6.30. The van der Waals surface area contributed by atoms with Crippen LogP contribution in [0.2, 0.25) is 0 Å². The molecule has 2 aliphatic heterocycles. The van der Waals surface area contributed by atoms with Gasteiger partial charge in [0.2, 0.25) is 11.9 Å². The van der Waals surface area contributed by atoms with E-state index >= 15 is 0 Å². The number of benzene rings is 1. The van der Waals surface area contributed by atoms with Crippen molar-refractivity contribution in [2.24, 2.45) is 0 Å². The van der Waals surface area contributed by atoms with Crippen LogP contribution in [0.4, 0.5) is 22.0 Å². The summed E-state index contributed by atoms with van der Waals surface area (Å²) in [6.07, 6.45) is 8.44. The van der Waals surface area contributed by atoms with Crippen LogP contribution in [0.25, 0.3) is 22.2 Å². The Bertz CT molecular complexity index is 1330. The molecule has 3 aromatic heterocycles. The van der Waals surface area contributed by atoms with Crippen LogP contribution in [0.5, 0.6) is 0 Å². The minimum atomic E-state index is -0.501. The molecule has 2 saturated heterocycles. The Morgan fingerprint density at radius 3 is 2.63 bits per heavy atom. The van der Waals surface area contributed by atoms with Gasteiger partial charge in [-0.1, -0.05) is 6.07 Å². The lowest BCUT2D eigenvalue weighted by atomic mass is 10.1. The number of hydrogen-bond donors (Lipinski definition) is 1. The molecule has 11 heteroatoms. The van der Waals surface area contributed by atoms with E-state index in [0.29, 0.717) is 36.7 Å². The normalized spacial score (nSPS) is 17.1. The smallest absolute Gasteiger partial charge is 0.228 e. The van der Waals surface area contributed by atoms with Gasteiger partial charge in [-0.2, -0.15) is 5.10 Å². The van der Waals surface area contributed by atoms with Crippen molar-refractivity contribution in [2.45, 2.75) is 18.9 Å². The topological polar surface area (TPSA) is 103 Å². The van der Waals surface area contributed by atoms with Crippen molar-refractivity contribution in [2.75, 3.05) is 49.7 Å². The van der Waals surface area contributed by atoms with Crippen molar-refractivity contribution in [1.29, 1.82) is 0 Å². The van der Waals surface area contributed by atoms with Gasteiger partial charge in [-0.05, 0) is 25.0 Å². The Labute approximate surface area is 201 Å². The summed E-state index contributed by atoms with van der Waals surface area (Å²) in [5.74, 6) is 0.472. The van der Waals surface area contributed by atoms with Crippen LogP contribution in [0, 0.1) is 5.82 Å². The number of rotatable bonds is 5. The van der Waals surface area contributed by atoms with Gasteiger partial charge in [0, 0.05) is 49.6 Å². The summed E-state index contributed by atoms with van der Waals surface area (Å²) in [5.41, 5.74) is 2.37. The molecule has 0 saturated carbocycles. The average Bonchev–Trinajstić information content (AvgIpc) is 3.39. The zero-order valence-corrected chi connectivity index (χ0v) is 19.1. The maximum atomic E-state index is 14.7. The average molecular weight is 477 g/mol. The summed E-state index contributed by atoms with van der Waals surface area (Å²) in [6, 6.07) is 5.84.